The van der Waals surface area contributed by atoms with Crippen molar-refractivity contribution in [2.24, 2.45) is 0 Å². The van der Waals surface area contributed by atoms with Crippen molar-refractivity contribution in [1.29, 1.82) is 0 Å². The summed E-state index contributed by atoms with van der Waals surface area (Å²) in [5, 5.41) is 9.11. The van der Waals surface area contributed by atoms with Crippen LogP contribution in [0.5, 0.6) is 0 Å². The Kier molecular flexibility index (Phi) is 1.71. The fraction of sp³-hybridized carbons (Fsp3) is 0.167. The molecule has 1 N–H and O–H groups in total. The molecule has 74 valence electrons. The predicted molar refractivity (Wildman–Crippen MR) is 60.8 cm³/mol. The Morgan fingerprint density at radius 1 is 1.20 bits per heavy atom. The molecule has 2 aromatic heterocycles. The van der Waals surface area contributed by atoms with E-state index in [4.69, 9.17) is 0 Å². The summed E-state index contributed by atoms with van der Waals surface area (Å²) >= 11 is 0. The maximum absolute atomic E-state index is 4.50. The summed E-state index contributed by atoms with van der Waals surface area (Å²) in [5.74, 6) is 0. The summed E-state index contributed by atoms with van der Waals surface area (Å²) in [6, 6.07) is 8.50. The zero-order chi connectivity index (χ0) is 10.3. The Bertz CT molecular complexity index is 625. The molecule has 0 amide bonds. The van der Waals surface area contributed by atoms with Crippen LogP contribution in [0.15, 0.2) is 30.5 Å². The Labute approximate surface area is 87.1 Å². The van der Waals surface area contributed by atoms with E-state index in [9.17, 15) is 0 Å². The van der Waals surface area contributed by atoms with Gasteiger partial charge >= 0.3 is 0 Å². The summed E-state index contributed by atoms with van der Waals surface area (Å²) in [7, 11) is 0. The van der Waals surface area contributed by atoms with Gasteiger partial charge < -0.3 is 0 Å². The lowest BCUT2D eigenvalue weighted by Gasteiger charge is -2.00. The van der Waals surface area contributed by atoms with Gasteiger partial charge in [0.2, 0.25) is 0 Å². The molecule has 0 radical (unpaired) electrons. The first-order chi connectivity index (χ1) is 7.36. The average Bonchev–Trinajstić information content (AvgIpc) is 2.72. The van der Waals surface area contributed by atoms with Gasteiger partial charge in [0.1, 0.15) is 0 Å². The van der Waals surface area contributed by atoms with Gasteiger partial charge in [-0.15, -0.1) is 0 Å². The number of fused-ring (bicyclic) bond motifs is 2. The number of nitrogens with one attached hydrogen (secondary N) is 1. The van der Waals surface area contributed by atoms with Crippen LogP contribution in [0.3, 0.4) is 0 Å². The Morgan fingerprint density at radius 2 is 2.13 bits per heavy atom. The lowest BCUT2D eigenvalue weighted by molar-refractivity contribution is 1.10. The molecule has 3 aromatic rings. The quantitative estimate of drug-likeness (QED) is 0.651. The molecule has 0 aliphatic carbocycles. The molecule has 3 nitrogen and oxygen atoms in total. The molecule has 15 heavy (non-hydrogen) atoms. The number of nitrogens with zero attached hydrogens (tertiary/aromatic N) is 2. The van der Waals surface area contributed by atoms with Crippen LogP contribution in [0.2, 0.25) is 0 Å². The Morgan fingerprint density at radius 3 is 3.00 bits per heavy atom. The van der Waals surface area contributed by atoms with E-state index in [1.165, 1.54) is 10.9 Å². The third-order valence-corrected chi connectivity index (χ3v) is 2.69. The van der Waals surface area contributed by atoms with Crippen molar-refractivity contribution < 1.29 is 0 Å². The number of rotatable bonds is 1. The van der Waals surface area contributed by atoms with E-state index in [1.54, 1.807) is 6.20 Å². The molecular weight excluding hydrogens is 186 g/mol. The van der Waals surface area contributed by atoms with Gasteiger partial charge in [0.05, 0.1) is 11.7 Å². The van der Waals surface area contributed by atoms with E-state index in [0.717, 1.165) is 23.0 Å². The highest BCUT2D eigenvalue weighted by Crippen LogP contribution is 2.19. The lowest BCUT2D eigenvalue weighted by Crippen LogP contribution is -1.84. The molecule has 0 aliphatic rings. The van der Waals surface area contributed by atoms with Gasteiger partial charge in [0, 0.05) is 10.8 Å². The van der Waals surface area contributed by atoms with E-state index in [0.29, 0.717) is 0 Å². The zero-order valence-corrected chi connectivity index (χ0v) is 8.49. The lowest BCUT2D eigenvalue weighted by atomic mass is 10.1. The second kappa shape index (κ2) is 3.05. The molecule has 1 aromatic carbocycles. The Balaban J connectivity index is 2.38. The van der Waals surface area contributed by atoms with Gasteiger partial charge in [0.15, 0.2) is 5.65 Å². The molecule has 0 unspecified atom stereocenters. The smallest absolute Gasteiger partial charge is 0.155 e. The first-order valence-corrected chi connectivity index (χ1v) is 5.09. The molecule has 0 bridgehead atoms. The van der Waals surface area contributed by atoms with Crippen LogP contribution in [-0.2, 0) is 6.42 Å². The monoisotopic (exact) mass is 197 g/mol. The van der Waals surface area contributed by atoms with Crippen LogP contribution in [0.4, 0.5) is 0 Å². The first-order valence-electron chi connectivity index (χ1n) is 5.09. The van der Waals surface area contributed by atoms with Crippen molar-refractivity contribution in [2.45, 2.75) is 13.3 Å². The number of benzene rings is 1. The van der Waals surface area contributed by atoms with E-state index in [1.807, 2.05) is 0 Å². The SMILES string of the molecule is CCc1ccc2nc3[nH]ncc3cc2c1. The van der Waals surface area contributed by atoms with E-state index in [-0.39, 0.29) is 0 Å². The van der Waals surface area contributed by atoms with Crippen LogP contribution >= 0.6 is 0 Å². The van der Waals surface area contributed by atoms with Crippen molar-refractivity contribution in [2.75, 3.05) is 0 Å². The van der Waals surface area contributed by atoms with Crippen LogP contribution in [0, 0.1) is 0 Å². The topological polar surface area (TPSA) is 41.6 Å². The highest BCUT2D eigenvalue weighted by Gasteiger charge is 2.01. The van der Waals surface area contributed by atoms with Crippen LogP contribution in [0.25, 0.3) is 21.9 Å². The minimum atomic E-state index is 0.853. The normalized spacial score (nSPS) is 11.3. The van der Waals surface area contributed by atoms with Crippen LogP contribution < -0.4 is 0 Å². The largest absolute Gasteiger partial charge is 0.261 e. The summed E-state index contributed by atoms with van der Waals surface area (Å²) in [6.07, 6.45) is 2.86. The number of aromatic nitrogens is 3. The molecule has 3 rings (SSSR count). The molecule has 0 atom stereocenters. The number of aryl methyl sites for hydroxylation is 1. The van der Waals surface area contributed by atoms with E-state index in [2.05, 4.69) is 46.4 Å². The molecule has 0 spiro atoms. The third-order valence-electron chi connectivity index (χ3n) is 2.69. The molecule has 0 saturated heterocycles. The number of pyridine rings is 1. The molecule has 0 aliphatic heterocycles. The maximum atomic E-state index is 4.50. The average molecular weight is 197 g/mol. The van der Waals surface area contributed by atoms with Gasteiger partial charge in [-0.3, -0.25) is 5.10 Å². The fourth-order valence-electron chi connectivity index (χ4n) is 1.81. The number of aromatic amines is 1. The van der Waals surface area contributed by atoms with Crippen LogP contribution in [-0.4, -0.2) is 15.2 Å². The molecule has 2 heterocycles. The van der Waals surface area contributed by atoms with Gasteiger partial charge in [-0.1, -0.05) is 13.0 Å². The summed E-state index contributed by atoms with van der Waals surface area (Å²) < 4.78 is 0. The fourth-order valence-corrected chi connectivity index (χ4v) is 1.81. The van der Waals surface area contributed by atoms with Crippen molar-refractivity contribution in [3.63, 3.8) is 0 Å². The molecular formula is C12H11N3. The van der Waals surface area contributed by atoms with E-state index >= 15 is 0 Å². The molecule has 0 saturated carbocycles. The maximum Gasteiger partial charge on any atom is 0.155 e. The number of hydrogen-bond acceptors (Lipinski definition) is 2. The van der Waals surface area contributed by atoms with E-state index < -0.39 is 0 Å². The first kappa shape index (κ1) is 8.41. The van der Waals surface area contributed by atoms with Crippen molar-refractivity contribution in [1.82, 2.24) is 15.2 Å². The summed E-state index contributed by atoms with van der Waals surface area (Å²) in [6.45, 7) is 2.16. The summed E-state index contributed by atoms with van der Waals surface area (Å²) in [4.78, 5) is 4.50. The van der Waals surface area contributed by atoms with Gasteiger partial charge in [-0.25, -0.2) is 4.98 Å². The minimum absolute atomic E-state index is 0.853. The Hall–Kier alpha value is -1.90. The number of hydrogen-bond donors (Lipinski definition) is 1. The molecule has 3 heteroatoms. The predicted octanol–water partition coefficient (Wildman–Crippen LogP) is 2.67. The van der Waals surface area contributed by atoms with Gasteiger partial charge in [0.25, 0.3) is 0 Å². The highest BCUT2D eigenvalue weighted by atomic mass is 15.1. The van der Waals surface area contributed by atoms with Crippen molar-refractivity contribution in [3.05, 3.63) is 36.0 Å². The third kappa shape index (κ3) is 1.28. The van der Waals surface area contributed by atoms with Crippen molar-refractivity contribution >= 4 is 21.9 Å². The van der Waals surface area contributed by atoms with Crippen LogP contribution in [0.1, 0.15) is 12.5 Å². The second-order valence-electron chi connectivity index (χ2n) is 3.68. The van der Waals surface area contributed by atoms with Gasteiger partial charge in [-0.2, -0.15) is 5.10 Å². The molecule has 0 fully saturated rings. The van der Waals surface area contributed by atoms with Gasteiger partial charge in [-0.05, 0) is 30.2 Å². The minimum Gasteiger partial charge on any atom is -0.261 e. The standard InChI is InChI=1S/C12H11N3/c1-2-8-3-4-11-9(5-8)6-10-7-13-15-12(10)14-11/h3-7H,2H2,1H3,(H,13,14,15). The highest BCUT2D eigenvalue weighted by molar-refractivity contribution is 5.90. The second-order valence-corrected chi connectivity index (χ2v) is 3.68. The summed E-state index contributed by atoms with van der Waals surface area (Å²) in [5.41, 5.74) is 3.21. The zero-order valence-electron chi connectivity index (χ0n) is 8.49. The number of H-pyrrole nitrogens is 1. The van der Waals surface area contributed by atoms with Crippen molar-refractivity contribution in [3.8, 4) is 0 Å².